The van der Waals surface area contributed by atoms with Gasteiger partial charge in [0.25, 0.3) is 8.32 Å². The van der Waals surface area contributed by atoms with Crippen molar-refractivity contribution in [1.82, 2.24) is 34.9 Å². The minimum absolute atomic E-state index is 0.0292. The quantitative estimate of drug-likeness (QED) is 0.0992. The van der Waals surface area contributed by atoms with Crippen molar-refractivity contribution in [3.63, 3.8) is 0 Å². The van der Waals surface area contributed by atoms with Gasteiger partial charge >= 0.3 is 0 Å². The van der Waals surface area contributed by atoms with Crippen molar-refractivity contribution in [3.8, 4) is 0 Å². The Bertz CT molecular complexity index is 2190. The summed E-state index contributed by atoms with van der Waals surface area (Å²) in [6.45, 7) is 15.7. The molecule has 8 rings (SSSR count). The molecule has 0 spiro atoms. The van der Waals surface area contributed by atoms with Crippen molar-refractivity contribution < 1.29 is 18.8 Å². The number of carbonyl (C=O) groups is 3. The van der Waals surface area contributed by atoms with Crippen LogP contribution in [0.4, 0.5) is 0 Å². The Balaban J connectivity index is 0.895. The monoisotopic (exact) mass is 1000 g/mol. The largest absolute Gasteiger partial charge is 0.404 e. The van der Waals surface area contributed by atoms with Crippen LogP contribution < -0.4 is 21.4 Å². The van der Waals surface area contributed by atoms with Gasteiger partial charge in [0, 0.05) is 56.5 Å². The maximum absolute atomic E-state index is 14.6. The molecule has 5 aliphatic rings. The lowest BCUT2D eigenvalue weighted by atomic mass is 9.44. The van der Waals surface area contributed by atoms with E-state index in [0.29, 0.717) is 55.5 Å². The van der Waals surface area contributed by atoms with Crippen LogP contribution in [0, 0.1) is 40.4 Å². The molecule has 72 heavy (non-hydrogen) atoms. The van der Waals surface area contributed by atoms with Gasteiger partial charge in [-0.15, -0.1) is 0 Å². The van der Waals surface area contributed by atoms with Crippen molar-refractivity contribution in [2.24, 2.45) is 46.2 Å². The van der Waals surface area contributed by atoms with Gasteiger partial charge in [0.05, 0.1) is 12.4 Å². The van der Waals surface area contributed by atoms with E-state index in [4.69, 9.17) is 10.2 Å². The lowest BCUT2D eigenvalue weighted by Crippen LogP contribution is -2.68. The van der Waals surface area contributed by atoms with E-state index in [9.17, 15) is 14.4 Å². The lowest BCUT2D eigenvalue weighted by molar-refractivity contribution is -0.144. The fraction of sp³-hybridized carbons (Fsp3) is 0.695. The summed E-state index contributed by atoms with van der Waals surface area (Å²) in [5.74, 6) is 3.12. The van der Waals surface area contributed by atoms with Crippen molar-refractivity contribution in [2.45, 2.75) is 160 Å². The Morgan fingerprint density at radius 3 is 2.06 bits per heavy atom. The second kappa shape index (κ2) is 22.9. The molecule has 4 N–H and O–H groups in total. The summed E-state index contributed by atoms with van der Waals surface area (Å²) in [4.78, 5) is 57.9. The van der Waals surface area contributed by atoms with Crippen LogP contribution in [0.15, 0.2) is 73.2 Å². The minimum atomic E-state index is -2.63. The van der Waals surface area contributed by atoms with Crippen LogP contribution >= 0.6 is 0 Å². The average Bonchev–Trinajstić information content (AvgIpc) is 4.10. The van der Waals surface area contributed by atoms with Gasteiger partial charge < -0.3 is 40.1 Å². The van der Waals surface area contributed by atoms with Crippen LogP contribution in [0.5, 0.6) is 0 Å². The van der Waals surface area contributed by atoms with Gasteiger partial charge in [-0.2, -0.15) is 0 Å². The van der Waals surface area contributed by atoms with E-state index in [1.807, 2.05) is 33.1 Å². The van der Waals surface area contributed by atoms with Crippen LogP contribution in [-0.2, 0) is 25.2 Å². The van der Waals surface area contributed by atoms with E-state index in [0.717, 1.165) is 62.7 Å². The number of hydrogen-bond acceptors (Lipinski definition) is 8. The van der Waals surface area contributed by atoms with E-state index >= 15 is 0 Å². The number of hydrogen-bond donors (Lipinski definition) is 3. The molecule has 2 aromatic carbocycles. The standard InChI is InChI=1S/C59H92N8O4Si/c1-57(2,3)72(47-18-12-10-13-19-47,48-20-14-11-15-21-48)71-46-28-30-59(5)43(36-46)22-25-49-50-26-23-42(58(50,4)31-29-51(49)59)24-27-54(68)63-45-38-53(67(40-45)55(69)52(60)37-44-39-61-41-62-44)56(70)66(34-16-32-64(6)7)35-17-33-65(8)9/h10-15,18-21,39,41-43,45-46,49-53H,16-17,22-38,40,60H2,1-9H3,(H,61,62)(H,63,68)/t42?,43?,45-,46+,49?,50?,51?,52?,53-,58+,59-/m0/s1. The number of rotatable bonds is 20. The molecule has 12 nitrogen and oxygen atoms in total. The van der Waals surface area contributed by atoms with E-state index in [1.165, 1.54) is 55.3 Å². The van der Waals surface area contributed by atoms with Gasteiger partial charge in [0.1, 0.15) is 6.04 Å². The number of aromatic amines is 1. The summed E-state index contributed by atoms with van der Waals surface area (Å²) in [5.41, 5.74) is 7.93. The number of likely N-dealkylation sites (tertiary alicyclic amines) is 1. The maximum atomic E-state index is 14.6. The number of fused-ring (bicyclic) bond motifs is 5. The third-order valence-electron chi connectivity index (χ3n) is 19.2. The highest BCUT2D eigenvalue weighted by molar-refractivity contribution is 6.99. The molecule has 1 aliphatic heterocycles. The third-order valence-corrected chi connectivity index (χ3v) is 24.3. The highest BCUT2D eigenvalue weighted by Gasteiger charge is 2.61. The Kier molecular flexibility index (Phi) is 17.3. The summed E-state index contributed by atoms with van der Waals surface area (Å²) in [5, 5.41) is 6.06. The first-order valence-corrected chi connectivity index (χ1v) is 29.9. The third kappa shape index (κ3) is 11.5. The first-order valence-electron chi connectivity index (χ1n) is 28.0. The molecule has 4 aliphatic carbocycles. The lowest BCUT2D eigenvalue weighted by Gasteiger charge is -2.61. The zero-order chi connectivity index (χ0) is 51.4. The molecule has 2 heterocycles. The van der Waals surface area contributed by atoms with Crippen LogP contribution in [0.1, 0.15) is 130 Å². The van der Waals surface area contributed by atoms with Gasteiger partial charge in [-0.05, 0) is 181 Å². The number of nitrogens with zero attached hydrogens (tertiary/aromatic N) is 5. The molecule has 11 atom stereocenters. The number of benzene rings is 2. The summed E-state index contributed by atoms with van der Waals surface area (Å²) in [6.07, 6.45) is 18.4. The number of aromatic nitrogens is 2. The number of nitrogens with one attached hydrogen (secondary N) is 2. The smallest absolute Gasteiger partial charge is 0.261 e. The molecular formula is C59H92N8O4Si. The summed E-state index contributed by atoms with van der Waals surface area (Å²) >= 11 is 0. The minimum Gasteiger partial charge on any atom is -0.404 e. The number of carbonyl (C=O) groups excluding carboxylic acids is 3. The predicted octanol–water partition coefficient (Wildman–Crippen LogP) is 7.48. The van der Waals surface area contributed by atoms with Crippen molar-refractivity contribution in [3.05, 3.63) is 78.9 Å². The molecule has 1 saturated heterocycles. The van der Waals surface area contributed by atoms with Crippen LogP contribution in [0.25, 0.3) is 0 Å². The second-order valence-corrected chi connectivity index (χ2v) is 29.5. The fourth-order valence-electron chi connectivity index (χ4n) is 15.5. The molecule has 13 heteroatoms. The van der Waals surface area contributed by atoms with Gasteiger partial charge in [-0.25, -0.2) is 4.98 Å². The normalized spacial score (nSPS) is 29.9. The molecule has 6 unspecified atom stereocenters. The van der Waals surface area contributed by atoms with E-state index < -0.39 is 20.4 Å². The van der Waals surface area contributed by atoms with Gasteiger partial charge in [0.2, 0.25) is 17.7 Å². The molecule has 3 amide bonds. The second-order valence-electron chi connectivity index (χ2n) is 25.2. The fourth-order valence-corrected chi connectivity index (χ4v) is 20.2. The molecule has 4 saturated carbocycles. The van der Waals surface area contributed by atoms with Gasteiger partial charge in [-0.3, -0.25) is 14.4 Å². The number of imidazole rings is 1. The van der Waals surface area contributed by atoms with Crippen LogP contribution in [0.3, 0.4) is 0 Å². The zero-order valence-corrected chi connectivity index (χ0v) is 46.7. The number of nitrogens with two attached hydrogens (primary N) is 1. The van der Waals surface area contributed by atoms with E-state index in [1.54, 1.807) is 17.4 Å². The highest BCUT2D eigenvalue weighted by atomic mass is 28.4. The van der Waals surface area contributed by atoms with E-state index in [-0.39, 0.29) is 46.9 Å². The Morgan fingerprint density at radius 1 is 0.833 bits per heavy atom. The van der Waals surface area contributed by atoms with Crippen molar-refractivity contribution in [2.75, 3.05) is 60.9 Å². The Labute approximate surface area is 434 Å². The number of H-pyrrole nitrogens is 1. The first-order chi connectivity index (χ1) is 34.3. The molecule has 3 aromatic rings. The zero-order valence-electron chi connectivity index (χ0n) is 45.7. The molecule has 0 bridgehead atoms. The summed E-state index contributed by atoms with van der Waals surface area (Å²) in [6, 6.07) is 20.5. The first kappa shape index (κ1) is 54.4. The maximum Gasteiger partial charge on any atom is 0.261 e. The van der Waals surface area contributed by atoms with Crippen LogP contribution in [0.2, 0.25) is 5.04 Å². The van der Waals surface area contributed by atoms with Crippen molar-refractivity contribution in [1.29, 1.82) is 0 Å². The van der Waals surface area contributed by atoms with Gasteiger partial charge in [0.15, 0.2) is 0 Å². The van der Waals surface area contributed by atoms with Crippen LogP contribution in [-0.4, -0.2) is 141 Å². The molecule has 0 radical (unpaired) electrons. The summed E-state index contributed by atoms with van der Waals surface area (Å²) < 4.78 is 7.80. The highest BCUT2D eigenvalue weighted by Crippen LogP contribution is 2.68. The number of amides is 3. The molecule has 1 aromatic heterocycles. The molecule has 5 fully saturated rings. The predicted molar refractivity (Wildman–Crippen MR) is 292 cm³/mol. The SMILES string of the molecule is CN(C)CCCN(CCCN(C)C)C(=O)[C@@H]1C[C@H](NC(=O)CCC2CCC3C4CCC5C[C@H](O[Si](c6ccccc6)(c6ccccc6)C(C)(C)C)CC[C@]5(C)C4CC[C@]23C)CN1C(=O)C(N)Cc1cnc[nH]1. The molecule has 396 valence electrons. The average molecular weight is 1010 g/mol. The topological polar surface area (TPSA) is 140 Å². The summed E-state index contributed by atoms with van der Waals surface area (Å²) in [7, 11) is 5.55. The Hall–Kier alpha value is -3.88. The molecular weight excluding hydrogens is 913 g/mol. The van der Waals surface area contributed by atoms with Gasteiger partial charge in [-0.1, -0.05) is 95.3 Å². The van der Waals surface area contributed by atoms with Crippen molar-refractivity contribution >= 4 is 36.4 Å². The van der Waals surface area contributed by atoms with E-state index in [2.05, 4.69) is 120 Å². The Morgan fingerprint density at radius 2 is 1.46 bits per heavy atom.